The maximum absolute atomic E-state index is 10.5. The second-order valence-corrected chi connectivity index (χ2v) is 3.81. The SMILES string of the molecule is O=C(O)C(Br)c1cccc(Br)n1. The van der Waals surface area contributed by atoms with E-state index in [1.165, 1.54) is 0 Å². The van der Waals surface area contributed by atoms with Gasteiger partial charge in [-0.05, 0) is 28.1 Å². The van der Waals surface area contributed by atoms with E-state index in [4.69, 9.17) is 5.11 Å². The number of hydrogen-bond donors (Lipinski definition) is 1. The molecule has 1 aromatic heterocycles. The Bertz CT molecular complexity index is 303. The highest BCUT2D eigenvalue weighted by Crippen LogP contribution is 2.21. The summed E-state index contributed by atoms with van der Waals surface area (Å²) in [6.07, 6.45) is 0. The van der Waals surface area contributed by atoms with E-state index in [-0.39, 0.29) is 0 Å². The van der Waals surface area contributed by atoms with Crippen molar-refractivity contribution in [3.05, 3.63) is 28.5 Å². The molecule has 12 heavy (non-hydrogen) atoms. The third kappa shape index (κ3) is 2.28. The number of rotatable bonds is 2. The molecule has 0 aliphatic carbocycles. The van der Waals surface area contributed by atoms with Gasteiger partial charge >= 0.3 is 5.97 Å². The number of carboxylic acids is 1. The minimum absolute atomic E-state index is 0.483. The fraction of sp³-hybridized carbons (Fsp3) is 0.143. The van der Waals surface area contributed by atoms with E-state index in [1.54, 1.807) is 18.2 Å². The number of hydrogen-bond acceptors (Lipinski definition) is 2. The van der Waals surface area contributed by atoms with Crippen molar-refractivity contribution in [1.82, 2.24) is 4.98 Å². The van der Waals surface area contributed by atoms with Crippen molar-refractivity contribution >= 4 is 37.8 Å². The molecule has 0 spiro atoms. The summed E-state index contributed by atoms with van der Waals surface area (Å²) in [7, 11) is 0. The Morgan fingerprint density at radius 2 is 2.25 bits per heavy atom. The van der Waals surface area contributed by atoms with E-state index >= 15 is 0 Å². The van der Waals surface area contributed by atoms with Gasteiger partial charge in [0.1, 0.15) is 4.60 Å². The minimum atomic E-state index is -0.944. The summed E-state index contributed by atoms with van der Waals surface area (Å²) < 4.78 is 0.630. The van der Waals surface area contributed by atoms with Crippen LogP contribution >= 0.6 is 31.9 Å². The normalized spacial score (nSPS) is 12.5. The van der Waals surface area contributed by atoms with Crippen LogP contribution in [0.25, 0.3) is 0 Å². The van der Waals surface area contributed by atoms with Crippen molar-refractivity contribution < 1.29 is 9.90 Å². The molecule has 1 unspecified atom stereocenters. The molecule has 1 aromatic rings. The molecular weight excluding hydrogens is 290 g/mol. The molecular formula is C7H5Br2NO2. The monoisotopic (exact) mass is 293 g/mol. The highest BCUT2D eigenvalue weighted by Gasteiger charge is 2.16. The predicted molar refractivity (Wildman–Crippen MR) is 51.2 cm³/mol. The molecule has 1 heterocycles. The molecule has 0 amide bonds. The molecule has 0 fully saturated rings. The summed E-state index contributed by atoms with van der Waals surface area (Å²) in [6.45, 7) is 0. The first-order chi connectivity index (χ1) is 5.61. The average molecular weight is 295 g/mol. The Balaban J connectivity index is 2.95. The van der Waals surface area contributed by atoms with E-state index in [0.717, 1.165) is 0 Å². The summed E-state index contributed by atoms with van der Waals surface area (Å²) in [5, 5.41) is 8.62. The highest BCUT2D eigenvalue weighted by molar-refractivity contribution is 9.10. The van der Waals surface area contributed by atoms with E-state index in [0.29, 0.717) is 10.3 Å². The smallest absolute Gasteiger partial charge is 0.323 e. The summed E-state index contributed by atoms with van der Waals surface area (Å²) in [4.78, 5) is 13.8. The van der Waals surface area contributed by atoms with Crippen molar-refractivity contribution in [2.24, 2.45) is 0 Å². The molecule has 1 atom stereocenters. The Hall–Kier alpha value is -0.420. The average Bonchev–Trinajstić information content (AvgIpc) is 2.03. The van der Waals surface area contributed by atoms with Crippen molar-refractivity contribution in [3.63, 3.8) is 0 Å². The first kappa shape index (κ1) is 9.67. The molecule has 0 aromatic carbocycles. The second kappa shape index (κ2) is 4.00. The number of carbonyl (C=O) groups is 1. The van der Waals surface area contributed by atoms with Gasteiger partial charge in [-0.1, -0.05) is 22.0 Å². The molecule has 0 aliphatic heterocycles. The molecule has 0 saturated carbocycles. The number of aromatic nitrogens is 1. The van der Waals surface area contributed by atoms with Crippen molar-refractivity contribution in [1.29, 1.82) is 0 Å². The Kier molecular flexibility index (Phi) is 3.22. The fourth-order valence-corrected chi connectivity index (χ4v) is 1.30. The van der Waals surface area contributed by atoms with Crippen LogP contribution in [0.1, 0.15) is 10.5 Å². The number of halogens is 2. The zero-order chi connectivity index (χ0) is 9.14. The lowest BCUT2D eigenvalue weighted by atomic mass is 10.3. The van der Waals surface area contributed by atoms with Crippen LogP contribution in [0.5, 0.6) is 0 Å². The summed E-state index contributed by atoms with van der Waals surface area (Å²) in [6, 6.07) is 5.13. The van der Waals surface area contributed by atoms with Gasteiger partial charge in [-0.15, -0.1) is 0 Å². The van der Waals surface area contributed by atoms with Crippen LogP contribution in [0.15, 0.2) is 22.8 Å². The first-order valence-corrected chi connectivity index (χ1v) is 4.81. The van der Waals surface area contributed by atoms with Gasteiger partial charge in [0.2, 0.25) is 0 Å². The molecule has 5 heteroatoms. The second-order valence-electron chi connectivity index (χ2n) is 2.09. The molecule has 64 valence electrons. The largest absolute Gasteiger partial charge is 0.480 e. The molecule has 1 N–H and O–H groups in total. The van der Waals surface area contributed by atoms with Gasteiger partial charge in [-0.25, -0.2) is 4.98 Å². The number of carboxylic acid groups (broad SMARTS) is 1. The maximum atomic E-state index is 10.5. The number of alkyl halides is 1. The molecule has 0 bridgehead atoms. The van der Waals surface area contributed by atoms with Crippen LogP contribution in [0.3, 0.4) is 0 Å². The van der Waals surface area contributed by atoms with Gasteiger partial charge in [-0.3, -0.25) is 4.79 Å². The van der Waals surface area contributed by atoms with E-state index < -0.39 is 10.8 Å². The standard InChI is InChI=1S/C7H5Br2NO2/c8-5-3-1-2-4(10-5)6(9)7(11)12/h1-3,6H,(H,11,12). The highest BCUT2D eigenvalue weighted by atomic mass is 79.9. The van der Waals surface area contributed by atoms with Gasteiger partial charge in [0, 0.05) is 0 Å². The van der Waals surface area contributed by atoms with E-state index in [1.807, 2.05) is 0 Å². The summed E-state index contributed by atoms with van der Waals surface area (Å²) in [5.41, 5.74) is 0.483. The van der Waals surface area contributed by atoms with Crippen LogP contribution in [0.2, 0.25) is 0 Å². The minimum Gasteiger partial charge on any atom is -0.480 e. The Labute approximate surface area is 86.1 Å². The van der Waals surface area contributed by atoms with E-state index in [9.17, 15) is 4.79 Å². The summed E-state index contributed by atoms with van der Waals surface area (Å²) in [5.74, 6) is -0.944. The van der Waals surface area contributed by atoms with Crippen molar-refractivity contribution in [2.75, 3.05) is 0 Å². The zero-order valence-electron chi connectivity index (χ0n) is 5.87. The van der Waals surface area contributed by atoms with Gasteiger partial charge in [0.25, 0.3) is 0 Å². The van der Waals surface area contributed by atoms with Gasteiger partial charge in [-0.2, -0.15) is 0 Å². The lowest BCUT2D eigenvalue weighted by molar-refractivity contribution is -0.136. The summed E-state index contributed by atoms with van der Waals surface area (Å²) >= 11 is 6.16. The molecule has 0 saturated heterocycles. The van der Waals surface area contributed by atoms with Crippen LogP contribution in [0, 0.1) is 0 Å². The molecule has 0 radical (unpaired) electrons. The third-order valence-corrected chi connectivity index (χ3v) is 2.52. The number of nitrogens with zero attached hydrogens (tertiary/aromatic N) is 1. The Morgan fingerprint density at radius 3 is 2.75 bits per heavy atom. The van der Waals surface area contributed by atoms with Gasteiger partial charge in [0.15, 0.2) is 4.83 Å². The number of pyridine rings is 1. The molecule has 3 nitrogen and oxygen atoms in total. The van der Waals surface area contributed by atoms with Crippen LogP contribution in [0.4, 0.5) is 0 Å². The quantitative estimate of drug-likeness (QED) is 0.673. The zero-order valence-corrected chi connectivity index (χ0v) is 9.04. The topological polar surface area (TPSA) is 50.2 Å². The van der Waals surface area contributed by atoms with Gasteiger partial charge < -0.3 is 5.11 Å². The van der Waals surface area contributed by atoms with Crippen LogP contribution < -0.4 is 0 Å². The van der Waals surface area contributed by atoms with E-state index in [2.05, 4.69) is 36.8 Å². The number of aliphatic carboxylic acids is 1. The lowest BCUT2D eigenvalue weighted by Crippen LogP contribution is -2.06. The van der Waals surface area contributed by atoms with Crippen LogP contribution in [-0.2, 0) is 4.79 Å². The predicted octanol–water partition coefficient (Wildman–Crippen LogP) is 2.36. The third-order valence-electron chi connectivity index (χ3n) is 1.21. The van der Waals surface area contributed by atoms with Crippen molar-refractivity contribution in [3.8, 4) is 0 Å². The van der Waals surface area contributed by atoms with Crippen LogP contribution in [-0.4, -0.2) is 16.1 Å². The molecule has 0 aliphatic rings. The van der Waals surface area contributed by atoms with Gasteiger partial charge in [0.05, 0.1) is 5.69 Å². The Morgan fingerprint density at radius 1 is 1.58 bits per heavy atom. The first-order valence-electron chi connectivity index (χ1n) is 3.10. The fourth-order valence-electron chi connectivity index (χ4n) is 0.692. The van der Waals surface area contributed by atoms with Crippen molar-refractivity contribution in [2.45, 2.75) is 4.83 Å². The maximum Gasteiger partial charge on any atom is 0.323 e. The lowest BCUT2D eigenvalue weighted by Gasteiger charge is -2.02. The molecule has 1 rings (SSSR count).